The molecule has 2 aromatic carbocycles. The van der Waals surface area contributed by atoms with Gasteiger partial charge in [0, 0.05) is 10.7 Å². The molecular formula is C19H17ClFN5O3. The molecule has 3 rings (SSSR count). The molecule has 0 aliphatic carbocycles. The van der Waals surface area contributed by atoms with Crippen LogP contribution in [0.2, 0.25) is 5.02 Å². The summed E-state index contributed by atoms with van der Waals surface area (Å²) in [6.07, 6.45) is -0.854. The average molecular weight is 418 g/mol. The van der Waals surface area contributed by atoms with Gasteiger partial charge in [-0.2, -0.15) is 15.0 Å². The second-order valence-corrected chi connectivity index (χ2v) is 6.32. The first-order chi connectivity index (χ1) is 13.9. The second kappa shape index (κ2) is 9.16. The van der Waals surface area contributed by atoms with Crippen molar-refractivity contribution in [3.05, 3.63) is 65.2 Å². The predicted octanol–water partition coefficient (Wildman–Crippen LogP) is 3.50. The molecule has 0 aliphatic heterocycles. The molecule has 1 atom stereocenters. The third kappa shape index (κ3) is 6.01. The summed E-state index contributed by atoms with van der Waals surface area (Å²) in [6.45, 7) is 1.33. The second-order valence-electron chi connectivity index (χ2n) is 5.89. The molecule has 10 heteroatoms. The molecule has 0 aliphatic rings. The van der Waals surface area contributed by atoms with Gasteiger partial charge in [0.05, 0.1) is 0 Å². The molecule has 0 unspecified atom stereocenters. The molecular weight excluding hydrogens is 401 g/mol. The Balaban J connectivity index is 1.59. The summed E-state index contributed by atoms with van der Waals surface area (Å²) in [5.41, 5.74) is 6.24. The number of esters is 1. The minimum atomic E-state index is -0.854. The van der Waals surface area contributed by atoms with Gasteiger partial charge in [0.15, 0.2) is 18.5 Å². The number of carbonyl (C=O) groups is 1. The van der Waals surface area contributed by atoms with Gasteiger partial charge in [-0.05, 0) is 55.5 Å². The number of nitrogens with two attached hydrogens (primary N) is 1. The van der Waals surface area contributed by atoms with Crippen LogP contribution in [0.3, 0.4) is 0 Å². The number of rotatable bonds is 7. The number of nitrogen functional groups attached to an aromatic ring is 1. The monoisotopic (exact) mass is 417 g/mol. The molecule has 1 aromatic heterocycles. The van der Waals surface area contributed by atoms with Crippen LogP contribution in [0.4, 0.5) is 22.0 Å². The minimum absolute atomic E-state index is 0.0545. The summed E-state index contributed by atoms with van der Waals surface area (Å²) in [7, 11) is 0. The SMILES string of the molecule is C[C@@H](Oc1ccc(Cl)cc1)C(=O)OCc1nc(N)nc(Nc2ccc(F)cc2)n1. The van der Waals surface area contributed by atoms with Crippen LogP contribution >= 0.6 is 11.6 Å². The normalized spacial score (nSPS) is 11.6. The zero-order valence-corrected chi connectivity index (χ0v) is 16.1. The third-order valence-electron chi connectivity index (χ3n) is 3.60. The van der Waals surface area contributed by atoms with Gasteiger partial charge in [-0.1, -0.05) is 11.6 Å². The number of aromatic nitrogens is 3. The molecule has 0 bridgehead atoms. The zero-order valence-electron chi connectivity index (χ0n) is 15.3. The highest BCUT2D eigenvalue weighted by Gasteiger charge is 2.17. The van der Waals surface area contributed by atoms with Crippen molar-refractivity contribution in [3.8, 4) is 5.75 Å². The van der Waals surface area contributed by atoms with E-state index in [-0.39, 0.29) is 30.1 Å². The predicted molar refractivity (Wildman–Crippen MR) is 105 cm³/mol. The van der Waals surface area contributed by atoms with Crippen molar-refractivity contribution in [1.82, 2.24) is 15.0 Å². The summed E-state index contributed by atoms with van der Waals surface area (Å²) in [5, 5.41) is 3.44. The molecule has 3 N–H and O–H groups in total. The van der Waals surface area contributed by atoms with Gasteiger partial charge < -0.3 is 20.5 Å². The van der Waals surface area contributed by atoms with Gasteiger partial charge in [0.25, 0.3) is 0 Å². The van der Waals surface area contributed by atoms with Crippen LogP contribution in [0.5, 0.6) is 5.75 Å². The highest BCUT2D eigenvalue weighted by Crippen LogP contribution is 2.18. The van der Waals surface area contributed by atoms with Crippen LogP contribution < -0.4 is 15.8 Å². The standard InChI is InChI=1S/C19H17ClFN5O3/c1-11(29-15-8-2-12(20)3-9-15)17(27)28-10-16-24-18(22)26-19(25-16)23-14-6-4-13(21)5-7-14/h2-9,11H,10H2,1H3,(H3,22,23,24,25,26)/t11-/m1/s1. The van der Waals surface area contributed by atoms with E-state index < -0.39 is 12.1 Å². The van der Waals surface area contributed by atoms with Crippen molar-refractivity contribution in [2.75, 3.05) is 11.1 Å². The fourth-order valence-corrected chi connectivity index (χ4v) is 2.37. The number of hydrogen-bond acceptors (Lipinski definition) is 8. The Hall–Kier alpha value is -3.46. The van der Waals surface area contributed by atoms with Crippen LogP contribution in [-0.2, 0) is 16.1 Å². The Kier molecular flexibility index (Phi) is 6.40. The number of ether oxygens (including phenoxy) is 2. The number of nitrogens with one attached hydrogen (secondary N) is 1. The maximum atomic E-state index is 13.0. The summed E-state index contributed by atoms with van der Waals surface area (Å²) >= 11 is 5.81. The Labute approximate surface area is 170 Å². The lowest BCUT2D eigenvalue weighted by Crippen LogP contribution is -2.26. The first kappa shape index (κ1) is 20.3. The average Bonchev–Trinajstić information content (AvgIpc) is 2.69. The molecule has 0 saturated carbocycles. The lowest BCUT2D eigenvalue weighted by molar-refractivity contribution is -0.152. The maximum absolute atomic E-state index is 13.0. The number of halogens is 2. The topological polar surface area (TPSA) is 112 Å². The van der Waals surface area contributed by atoms with Gasteiger partial charge >= 0.3 is 5.97 Å². The number of hydrogen-bond donors (Lipinski definition) is 2. The summed E-state index contributed by atoms with van der Waals surface area (Å²) < 4.78 is 23.7. The van der Waals surface area contributed by atoms with Crippen molar-refractivity contribution >= 4 is 35.2 Å². The number of carbonyl (C=O) groups excluding carboxylic acids is 1. The quantitative estimate of drug-likeness (QED) is 0.562. The van der Waals surface area contributed by atoms with Crippen LogP contribution in [0.25, 0.3) is 0 Å². The largest absolute Gasteiger partial charge is 0.479 e. The van der Waals surface area contributed by atoms with Crippen LogP contribution in [0, 0.1) is 5.82 Å². The Morgan fingerprint density at radius 1 is 1.14 bits per heavy atom. The van der Waals surface area contributed by atoms with E-state index in [1.165, 1.54) is 24.3 Å². The Morgan fingerprint density at radius 2 is 1.83 bits per heavy atom. The number of benzene rings is 2. The van der Waals surface area contributed by atoms with E-state index in [9.17, 15) is 9.18 Å². The van der Waals surface area contributed by atoms with Gasteiger partial charge in [-0.3, -0.25) is 0 Å². The molecule has 29 heavy (non-hydrogen) atoms. The van der Waals surface area contributed by atoms with Gasteiger partial charge in [0.2, 0.25) is 11.9 Å². The summed E-state index contributed by atoms with van der Waals surface area (Å²) in [4.78, 5) is 24.2. The van der Waals surface area contributed by atoms with Crippen molar-refractivity contribution in [3.63, 3.8) is 0 Å². The van der Waals surface area contributed by atoms with Crippen molar-refractivity contribution in [2.45, 2.75) is 19.6 Å². The highest BCUT2D eigenvalue weighted by molar-refractivity contribution is 6.30. The molecule has 3 aromatic rings. The van der Waals surface area contributed by atoms with E-state index in [0.29, 0.717) is 16.5 Å². The van der Waals surface area contributed by atoms with E-state index in [1.54, 1.807) is 31.2 Å². The molecule has 0 amide bonds. The number of nitrogens with zero attached hydrogens (tertiary/aromatic N) is 3. The zero-order chi connectivity index (χ0) is 20.8. The van der Waals surface area contributed by atoms with Gasteiger partial charge in [0.1, 0.15) is 11.6 Å². The smallest absolute Gasteiger partial charge is 0.347 e. The Bertz CT molecular complexity index is 986. The first-order valence-electron chi connectivity index (χ1n) is 8.51. The summed E-state index contributed by atoms with van der Waals surface area (Å²) in [5.74, 6) is -0.259. The molecule has 150 valence electrons. The molecule has 0 saturated heterocycles. The van der Waals surface area contributed by atoms with E-state index >= 15 is 0 Å². The van der Waals surface area contributed by atoms with E-state index in [1.807, 2.05) is 0 Å². The van der Waals surface area contributed by atoms with Crippen molar-refractivity contribution in [2.24, 2.45) is 0 Å². The van der Waals surface area contributed by atoms with E-state index in [4.69, 9.17) is 26.8 Å². The highest BCUT2D eigenvalue weighted by atomic mass is 35.5. The lowest BCUT2D eigenvalue weighted by atomic mass is 10.3. The van der Waals surface area contributed by atoms with Crippen molar-refractivity contribution < 1.29 is 18.7 Å². The maximum Gasteiger partial charge on any atom is 0.347 e. The van der Waals surface area contributed by atoms with Crippen molar-refractivity contribution in [1.29, 1.82) is 0 Å². The summed E-state index contributed by atoms with van der Waals surface area (Å²) in [6, 6.07) is 12.2. The van der Waals surface area contributed by atoms with Gasteiger partial charge in [-0.15, -0.1) is 0 Å². The molecule has 8 nitrogen and oxygen atoms in total. The van der Waals surface area contributed by atoms with Crippen LogP contribution in [-0.4, -0.2) is 27.0 Å². The van der Waals surface area contributed by atoms with Crippen LogP contribution in [0.1, 0.15) is 12.7 Å². The van der Waals surface area contributed by atoms with Gasteiger partial charge in [-0.25, -0.2) is 9.18 Å². The molecule has 0 radical (unpaired) electrons. The van der Waals surface area contributed by atoms with E-state index in [2.05, 4.69) is 20.3 Å². The fraction of sp³-hybridized carbons (Fsp3) is 0.158. The molecule has 1 heterocycles. The Morgan fingerprint density at radius 3 is 2.52 bits per heavy atom. The number of anilines is 3. The lowest BCUT2D eigenvalue weighted by Gasteiger charge is -2.14. The third-order valence-corrected chi connectivity index (χ3v) is 3.85. The minimum Gasteiger partial charge on any atom is -0.479 e. The molecule has 0 fully saturated rings. The van der Waals surface area contributed by atoms with E-state index in [0.717, 1.165) is 0 Å². The fourth-order valence-electron chi connectivity index (χ4n) is 2.24. The van der Waals surface area contributed by atoms with Crippen LogP contribution in [0.15, 0.2) is 48.5 Å². The molecule has 0 spiro atoms. The first-order valence-corrected chi connectivity index (χ1v) is 8.89.